The van der Waals surface area contributed by atoms with E-state index in [1.54, 1.807) is 0 Å². The Morgan fingerprint density at radius 1 is 0.800 bits per heavy atom. The number of amides is 2. The van der Waals surface area contributed by atoms with Crippen molar-refractivity contribution >= 4 is 6.03 Å². The van der Waals surface area contributed by atoms with E-state index in [0.29, 0.717) is 0 Å². The molecule has 0 aliphatic carbocycles. The van der Waals surface area contributed by atoms with Gasteiger partial charge in [-0.25, -0.2) is 4.79 Å². The number of hydrogen-bond donors (Lipinski definition) is 2. The lowest BCUT2D eigenvalue weighted by molar-refractivity contribution is 0.256. The Morgan fingerprint density at radius 3 is 1.40 bits per heavy atom. The van der Waals surface area contributed by atoms with E-state index >= 15 is 0 Å². The summed E-state index contributed by atoms with van der Waals surface area (Å²) in [5.41, 5.74) is 8.50. The van der Waals surface area contributed by atoms with E-state index < -0.39 is 6.03 Å². The highest BCUT2D eigenvalue weighted by Gasteiger charge is 1.92. The second kappa shape index (κ2) is 20.3. The van der Waals surface area contributed by atoms with Crippen molar-refractivity contribution in [3.63, 3.8) is 0 Å². The first-order valence-corrected chi connectivity index (χ1v) is 8.31. The summed E-state index contributed by atoms with van der Waals surface area (Å²) in [7, 11) is 0. The van der Waals surface area contributed by atoms with Crippen LogP contribution in [0, 0.1) is 0 Å². The molecule has 0 unspecified atom stereocenters. The third-order valence-corrected chi connectivity index (χ3v) is 3.26. The normalized spacial score (nSPS) is 9.65. The van der Waals surface area contributed by atoms with Gasteiger partial charge in [0, 0.05) is 0 Å². The molecule has 0 atom stereocenters. The molecule has 0 bridgehead atoms. The molecule has 0 saturated heterocycles. The molecule has 0 fully saturated rings. The van der Waals surface area contributed by atoms with Crippen LogP contribution in [0.4, 0.5) is 4.79 Å². The van der Waals surface area contributed by atoms with Crippen molar-refractivity contribution < 1.29 is 4.79 Å². The maximum atomic E-state index is 9.00. The molecular formula is C17H36N2O. The molecule has 0 rings (SSSR count). The highest BCUT2D eigenvalue weighted by Crippen LogP contribution is 2.12. The molecule has 0 aromatic heterocycles. The highest BCUT2D eigenvalue weighted by molar-refractivity contribution is 5.69. The van der Waals surface area contributed by atoms with Gasteiger partial charge < -0.3 is 11.5 Å². The molecule has 3 nitrogen and oxygen atoms in total. The lowest BCUT2D eigenvalue weighted by atomic mass is 10.0. The summed E-state index contributed by atoms with van der Waals surface area (Å²) in [5.74, 6) is 0. The van der Waals surface area contributed by atoms with Crippen LogP contribution in [0.5, 0.6) is 0 Å². The molecule has 3 heteroatoms. The zero-order valence-corrected chi connectivity index (χ0v) is 13.5. The van der Waals surface area contributed by atoms with Crippen LogP contribution in [0.3, 0.4) is 0 Å². The van der Waals surface area contributed by atoms with E-state index in [1.165, 1.54) is 83.5 Å². The minimum atomic E-state index is -0.833. The number of urea groups is 1. The Kier molecular flexibility index (Phi) is 21.7. The zero-order chi connectivity index (χ0) is 15.5. The Labute approximate surface area is 126 Å². The molecule has 0 aliphatic rings. The summed E-state index contributed by atoms with van der Waals surface area (Å²) in [5, 5.41) is 0. The van der Waals surface area contributed by atoms with Crippen molar-refractivity contribution in [1.82, 2.24) is 0 Å². The lowest BCUT2D eigenvalue weighted by Gasteiger charge is -2.02. The van der Waals surface area contributed by atoms with Gasteiger partial charge in [-0.2, -0.15) is 0 Å². The Hall–Kier alpha value is -0.990. The first-order chi connectivity index (χ1) is 9.65. The molecule has 0 heterocycles. The monoisotopic (exact) mass is 284 g/mol. The summed E-state index contributed by atoms with van der Waals surface area (Å²) in [4.78, 5) is 9.00. The third kappa shape index (κ3) is 30.2. The van der Waals surface area contributed by atoms with Crippen molar-refractivity contribution in [2.24, 2.45) is 11.5 Å². The number of allylic oxidation sites excluding steroid dienone is 1. The molecular weight excluding hydrogens is 248 g/mol. The second-order valence-electron chi connectivity index (χ2n) is 5.37. The SMILES string of the molecule is C=CCCCCCCCCCCCCCC.NC(N)=O. The van der Waals surface area contributed by atoms with E-state index in [4.69, 9.17) is 4.79 Å². The number of carbonyl (C=O) groups excluding carboxylic acids is 1. The number of rotatable bonds is 13. The summed E-state index contributed by atoms with van der Waals surface area (Å²) in [6.45, 7) is 6.03. The zero-order valence-electron chi connectivity index (χ0n) is 13.5. The van der Waals surface area contributed by atoms with Crippen molar-refractivity contribution in [3.05, 3.63) is 12.7 Å². The Balaban J connectivity index is 0. The molecule has 0 spiro atoms. The summed E-state index contributed by atoms with van der Waals surface area (Å²) >= 11 is 0. The fourth-order valence-electron chi connectivity index (χ4n) is 2.13. The van der Waals surface area contributed by atoms with Crippen LogP contribution >= 0.6 is 0 Å². The summed E-state index contributed by atoms with van der Waals surface area (Å²) in [6, 6.07) is -0.833. The average Bonchev–Trinajstić information content (AvgIpc) is 2.39. The molecule has 0 saturated carbocycles. The largest absolute Gasteiger partial charge is 0.352 e. The lowest BCUT2D eigenvalue weighted by Crippen LogP contribution is -2.18. The van der Waals surface area contributed by atoms with Gasteiger partial charge in [0.05, 0.1) is 0 Å². The van der Waals surface area contributed by atoms with Gasteiger partial charge in [-0.15, -0.1) is 6.58 Å². The van der Waals surface area contributed by atoms with Gasteiger partial charge in [0.15, 0.2) is 0 Å². The van der Waals surface area contributed by atoms with Gasteiger partial charge in [0.1, 0.15) is 0 Å². The number of carbonyl (C=O) groups is 1. The number of unbranched alkanes of at least 4 members (excludes halogenated alkanes) is 12. The quantitative estimate of drug-likeness (QED) is 0.350. The minimum absolute atomic E-state index is 0.833. The van der Waals surface area contributed by atoms with Gasteiger partial charge in [-0.05, 0) is 12.8 Å². The van der Waals surface area contributed by atoms with Crippen molar-refractivity contribution in [2.75, 3.05) is 0 Å². The summed E-state index contributed by atoms with van der Waals surface area (Å²) in [6.07, 6.45) is 20.5. The number of hydrogen-bond acceptors (Lipinski definition) is 1. The van der Waals surface area contributed by atoms with Crippen LogP contribution in [0.25, 0.3) is 0 Å². The topological polar surface area (TPSA) is 69.1 Å². The van der Waals surface area contributed by atoms with Crippen molar-refractivity contribution in [3.8, 4) is 0 Å². The second-order valence-corrected chi connectivity index (χ2v) is 5.37. The van der Waals surface area contributed by atoms with E-state index in [0.717, 1.165) is 0 Å². The molecule has 2 amide bonds. The molecule has 0 aromatic carbocycles. The summed E-state index contributed by atoms with van der Waals surface area (Å²) < 4.78 is 0. The van der Waals surface area contributed by atoms with E-state index in [2.05, 4.69) is 25.0 Å². The van der Waals surface area contributed by atoms with Gasteiger partial charge >= 0.3 is 6.03 Å². The van der Waals surface area contributed by atoms with Crippen LogP contribution in [0.1, 0.15) is 90.4 Å². The van der Waals surface area contributed by atoms with Crippen LogP contribution in [0.2, 0.25) is 0 Å². The molecule has 0 aliphatic heterocycles. The standard InChI is InChI=1S/C16H32.CH4N2O/c1-3-5-7-9-11-13-15-16-14-12-10-8-6-4-2;2-1(3)4/h3H,1,4-16H2,2H3;(H4,2,3,4). The van der Waals surface area contributed by atoms with Gasteiger partial charge in [-0.1, -0.05) is 83.6 Å². The third-order valence-electron chi connectivity index (χ3n) is 3.26. The molecule has 120 valence electrons. The minimum Gasteiger partial charge on any atom is -0.352 e. The first kappa shape index (κ1) is 21.3. The maximum Gasteiger partial charge on any atom is 0.309 e. The van der Waals surface area contributed by atoms with Gasteiger partial charge in [0.2, 0.25) is 0 Å². The molecule has 0 radical (unpaired) electrons. The predicted molar refractivity (Wildman–Crippen MR) is 89.7 cm³/mol. The predicted octanol–water partition coefficient (Wildman–Crippen LogP) is 5.29. The Bertz CT molecular complexity index is 201. The average molecular weight is 284 g/mol. The smallest absolute Gasteiger partial charge is 0.309 e. The van der Waals surface area contributed by atoms with Gasteiger partial charge in [-0.3, -0.25) is 0 Å². The van der Waals surface area contributed by atoms with Crippen molar-refractivity contribution in [2.45, 2.75) is 90.4 Å². The fourth-order valence-corrected chi connectivity index (χ4v) is 2.13. The van der Waals surface area contributed by atoms with Gasteiger partial charge in [0.25, 0.3) is 0 Å². The first-order valence-electron chi connectivity index (χ1n) is 8.31. The number of nitrogens with two attached hydrogens (primary N) is 2. The molecule has 20 heavy (non-hydrogen) atoms. The van der Waals surface area contributed by atoms with E-state index in [-0.39, 0.29) is 0 Å². The highest BCUT2D eigenvalue weighted by atomic mass is 16.2. The maximum absolute atomic E-state index is 9.00. The van der Waals surface area contributed by atoms with E-state index in [9.17, 15) is 0 Å². The van der Waals surface area contributed by atoms with Crippen LogP contribution < -0.4 is 11.5 Å². The van der Waals surface area contributed by atoms with Crippen LogP contribution in [-0.2, 0) is 0 Å². The van der Waals surface area contributed by atoms with Crippen LogP contribution in [-0.4, -0.2) is 6.03 Å². The Morgan fingerprint density at radius 2 is 1.10 bits per heavy atom. The number of primary amides is 2. The van der Waals surface area contributed by atoms with Crippen LogP contribution in [0.15, 0.2) is 12.7 Å². The molecule has 4 N–H and O–H groups in total. The van der Waals surface area contributed by atoms with Crippen molar-refractivity contribution in [1.29, 1.82) is 0 Å². The van der Waals surface area contributed by atoms with E-state index in [1.807, 2.05) is 6.08 Å². The fraction of sp³-hybridized carbons (Fsp3) is 0.824. The molecule has 0 aromatic rings.